The third kappa shape index (κ3) is 3.97. The van der Waals surface area contributed by atoms with Crippen LogP contribution in [0.5, 0.6) is 0 Å². The zero-order valence-corrected chi connectivity index (χ0v) is 14.3. The molecule has 1 aromatic carbocycles. The van der Waals surface area contributed by atoms with Gasteiger partial charge in [0.25, 0.3) is 0 Å². The van der Waals surface area contributed by atoms with Crippen molar-refractivity contribution in [2.75, 3.05) is 26.3 Å². The summed E-state index contributed by atoms with van der Waals surface area (Å²) in [6.07, 6.45) is 2.84. The maximum Gasteiger partial charge on any atom is 0.198 e. The number of morpholine rings is 1. The van der Waals surface area contributed by atoms with Crippen LogP contribution in [0.2, 0.25) is 0 Å². The van der Waals surface area contributed by atoms with Crippen LogP contribution < -0.4 is 0 Å². The first kappa shape index (κ1) is 17.0. The second-order valence-electron chi connectivity index (χ2n) is 5.08. The molecule has 0 unspecified atom stereocenters. The molecule has 0 spiro atoms. The van der Waals surface area contributed by atoms with E-state index in [0.29, 0.717) is 36.2 Å². The summed E-state index contributed by atoms with van der Waals surface area (Å²) in [6.45, 7) is 2.61. The number of ether oxygens (including phenoxy) is 1. The largest absolute Gasteiger partial charge is 0.378 e. The second kappa shape index (κ2) is 7.82. The number of aromatic nitrogens is 3. The van der Waals surface area contributed by atoms with Crippen LogP contribution >= 0.6 is 24.0 Å². The predicted octanol–water partition coefficient (Wildman–Crippen LogP) is 2.15. The highest BCUT2D eigenvalue weighted by atomic mass is 32.2. The van der Waals surface area contributed by atoms with Crippen LogP contribution in [0.1, 0.15) is 15.7 Å². The highest BCUT2D eigenvalue weighted by Crippen LogP contribution is 2.29. The number of nitrogens with zero attached hydrogens (tertiary/aromatic N) is 4. The molecule has 2 heterocycles. The van der Waals surface area contributed by atoms with E-state index in [1.54, 1.807) is 0 Å². The van der Waals surface area contributed by atoms with Gasteiger partial charge in [0.2, 0.25) is 0 Å². The van der Waals surface area contributed by atoms with Gasteiger partial charge in [0.1, 0.15) is 22.8 Å². The smallest absolute Gasteiger partial charge is 0.198 e. The van der Waals surface area contributed by atoms with Gasteiger partial charge < -0.3 is 9.64 Å². The van der Waals surface area contributed by atoms with Crippen molar-refractivity contribution >= 4 is 34.1 Å². The molecule has 0 bridgehead atoms. The van der Waals surface area contributed by atoms with Crippen LogP contribution in [0.25, 0.3) is 0 Å². The molecule has 1 aliphatic rings. The van der Waals surface area contributed by atoms with Gasteiger partial charge in [0, 0.05) is 18.7 Å². The first-order valence-corrected chi connectivity index (χ1v) is 8.61. The van der Waals surface area contributed by atoms with E-state index in [2.05, 4.69) is 10.1 Å². The maximum atomic E-state index is 13.1. The van der Waals surface area contributed by atoms with Crippen LogP contribution in [0.15, 0.2) is 36.9 Å². The van der Waals surface area contributed by atoms with Crippen molar-refractivity contribution in [3.63, 3.8) is 0 Å². The quantitative estimate of drug-likeness (QED) is 0.607. The fourth-order valence-electron chi connectivity index (χ4n) is 2.24. The van der Waals surface area contributed by atoms with E-state index in [4.69, 9.17) is 17.0 Å². The molecule has 0 aliphatic carbocycles. The van der Waals surface area contributed by atoms with E-state index in [0.717, 1.165) is 0 Å². The Morgan fingerprint density at radius 1 is 1.29 bits per heavy atom. The van der Waals surface area contributed by atoms with Gasteiger partial charge in [-0.2, -0.15) is 5.10 Å². The van der Waals surface area contributed by atoms with Crippen LogP contribution in [0.3, 0.4) is 0 Å². The lowest BCUT2D eigenvalue weighted by Crippen LogP contribution is -2.39. The number of thiocarbonyl (C=S) groups is 1. The lowest BCUT2D eigenvalue weighted by molar-refractivity contribution is 0.0702. The number of hydrogen-bond acceptors (Lipinski definition) is 6. The molecule has 126 valence electrons. The third-order valence-electron chi connectivity index (χ3n) is 3.51. The molecule has 0 N–H and O–H groups in total. The van der Waals surface area contributed by atoms with E-state index >= 15 is 0 Å². The second-order valence-corrected chi connectivity index (χ2v) is 6.80. The Balaban J connectivity index is 1.80. The Bertz CT molecular complexity index is 703. The number of benzene rings is 1. The van der Waals surface area contributed by atoms with Crippen molar-refractivity contribution in [1.82, 2.24) is 19.7 Å². The Kier molecular flexibility index (Phi) is 5.54. The topological polar surface area (TPSA) is 60.2 Å². The molecule has 1 aromatic heterocycles. The monoisotopic (exact) mass is 366 g/mol. The van der Waals surface area contributed by atoms with Crippen LogP contribution in [-0.2, 0) is 4.74 Å². The Morgan fingerprint density at radius 3 is 2.62 bits per heavy atom. The van der Waals surface area contributed by atoms with Gasteiger partial charge in [0.15, 0.2) is 11.2 Å². The van der Waals surface area contributed by atoms with Gasteiger partial charge in [-0.05, 0) is 24.3 Å². The fraction of sp³-hybridized carbons (Fsp3) is 0.333. The summed E-state index contributed by atoms with van der Waals surface area (Å²) in [5.74, 6) is -0.596. The van der Waals surface area contributed by atoms with Gasteiger partial charge in [-0.25, -0.2) is 14.1 Å². The number of ketones is 1. The minimum absolute atomic E-state index is 0.207. The summed E-state index contributed by atoms with van der Waals surface area (Å²) < 4.78 is 20.5. The van der Waals surface area contributed by atoms with Crippen molar-refractivity contribution in [2.45, 2.75) is 5.37 Å². The molecule has 1 saturated heterocycles. The van der Waals surface area contributed by atoms with Crippen LogP contribution in [0.4, 0.5) is 4.39 Å². The number of thioether (sulfide) groups is 1. The average molecular weight is 366 g/mol. The Labute approximate surface area is 148 Å². The number of halogens is 1. The molecule has 6 nitrogen and oxygen atoms in total. The van der Waals surface area contributed by atoms with Crippen molar-refractivity contribution in [3.05, 3.63) is 48.3 Å². The molecule has 1 atom stereocenters. The van der Waals surface area contributed by atoms with Gasteiger partial charge in [-0.1, -0.05) is 24.0 Å². The van der Waals surface area contributed by atoms with Gasteiger partial charge >= 0.3 is 0 Å². The van der Waals surface area contributed by atoms with Crippen LogP contribution in [-0.4, -0.2) is 56.1 Å². The van der Waals surface area contributed by atoms with Gasteiger partial charge in [-0.3, -0.25) is 4.79 Å². The molecular weight excluding hydrogens is 351 g/mol. The van der Waals surface area contributed by atoms with Crippen molar-refractivity contribution < 1.29 is 13.9 Å². The first-order valence-electron chi connectivity index (χ1n) is 7.32. The van der Waals surface area contributed by atoms with Gasteiger partial charge in [-0.15, -0.1) is 0 Å². The molecule has 0 saturated carbocycles. The van der Waals surface area contributed by atoms with Crippen molar-refractivity contribution in [1.29, 1.82) is 0 Å². The fourth-order valence-corrected chi connectivity index (χ4v) is 3.68. The highest BCUT2D eigenvalue weighted by molar-refractivity contribution is 8.23. The molecule has 9 heteroatoms. The highest BCUT2D eigenvalue weighted by Gasteiger charge is 2.27. The van der Waals surface area contributed by atoms with E-state index in [9.17, 15) is 9.18 Å². The number of rotatable bonds is 4. The Hall–Kier alpha value is -1.84. The molecule has 0 radical (unpaired) electrons. The predicted molar refractivity (Wildman–Crippen MR) is 92.4 cm³/mol. The summed E-state index contributed by atoms with van der Waals surface area (Å²) in [5.41, 5.74) is 0.397. The molecule has 3 rings (SSSR count). The summed E-state index contributed by atoms with van der Waals surface area (Å²) in [7, 11) is 0. The molecule has 0 amide bonds. The first-order chi connectivity index (χ1) is 11.6. The van der Waals surface area contributed by atoms with Crippen molar-refractivity contribution in [2.24, 2.45) is 0 Å². The van der Waals surface area contributed by atoms with E-state index in [-0.39, 0.29) is 11.6 Å². The third-order valence-corrected chi connectivity index (χ3v) is 5.17. The lowest BCUT2D eigenvalue weighted by Gasteiger charge is -2.30. The summed E-state index contributed by atoms with van der Waals surface area (Å²) >= 11 is 6.71. The number of carbonyl (C=O) groups excluding carboxylic acids is 1. The molecular formula is C15H15FN4O2S2. The summed E-state index contributed by atoms with van der Waals surface area (Å²) in [6, 6.07) is 5.44. The van der Waals surface area contributed by atoms with Crippen molar-refractivity contribution in [3.8, 4) is 0 Å². The minimum atomic E-state index is -0.687. The zero-order valence-electron chi connectivity index (χ0n) is 12.7. The van der Waals surface area contributed by atoms with E-state index in [1.165, 1.54) is 53.4 Å². The summed E-state index contributed by atoms with van der Waals surface area (Å²) in [4.78, 5) is 18.7. The number of carbonyl (C=O) groups is 1. The SMILES string of the molecule is O=C(c1ccc(F)cc1)[C@H](SC(=S)N1CCOCC1)n1cncn1. The molecule has 2 aromatic rings. The zero-order chi connectivity index (χ0) is 16.9. The molecule has 1 aliphatic heterocycles. The number of Topliss-reactive ketones (excluding diaryl/α,β-unsaturated/α-hetero) is 1. The lowest BCUT2D eigenvalue weighted by atomic mass is 10.1. The van der Waals surface area contributed by atoms with E-state index in [1.807, 2.05) is 4.90 Å². The maximum absolute atomic E-state index is 13.1. The standard InChI is InChI=1S/C15H15FN4O2S2/c16-12-3-1-11(2-4-12)13(21)14(20-10-17-9-18-20)24-15(23)19-5-7-22-8-6-19/h1-4,9-10,14H,5-8H2/t14-/m0/s1. The average Bonchev–Trinajstić information content (AvgIpc) is 3.14. The normalized spacial score (nSPS) is 16.0. The summed E-state index contributed by atoms with van der Waals surface area (Å²) in [5, 5.41) is 3.38. The molecule has 24 heavy (non-hydrogen) atoms. The number of hydrogen-bond donors (Lipinski definition) is 0. The van der Waals surface area contributed by atoms with Crippen LogP contribution in [0, 0.1) is 5.82 Å². The van der Waals surface area contributed by atoms with Gasteiger partial charge in [0.05, 0.1) is 13.2 Å². The Morgan fingerprint density at radius 2 is 2.00 bits per heavy atom. The van der Waals surface area contributed by atoms with E-state index < -0.39 is 5.37 Å². The minimum Gasteiger partial charge on any atom is -0.378 e. The molecule has 1 fully saturated rings.